The lowest BCUT2D eigenvalue weighted by Gasteiger charge is -2.11. The number of thiophene rings is 1. The van der Waals surface area contributed by atoms with Gasteiger partial charge >= 0.3 is 0 Å². The SMILES string of the molecule is CO/N=C(/CCC(=O)c1ccc(OC)c(OC)c1)c1cc(C)cc(-c2csc3c(C)cccc23)n1. The first-order valence-corrected chi connectivity index (χ1v) is 12.1. The molecule has 0 N–H and O–H groups in total. The second kappa shape index (κ2) is 10.7. The average Bonchev–Trinajstić information content (AvgIpc) is 3.31. The first kappa shape index (κ1) is 24.4. The minimum atomic E-state index is -0.0260. The molecular weight excluding hydrogens is 460 g/mol. The van der Waals surface area contributed by atoms with Crippen molar-refractivity contribution in [2.24, 2.45) is 5.16 Å². The van der Waals surface area contributed by atoms with Crippen LogP contribution >= 0.6 is 11.3 Å². The van der Waals surface area contributed by atoms with Crippen molar-refractivity contribution in [3.05, 3.63) is 76.3 Å². The molecule has 6 nitrogen and oxygen atoms in total. The number of pyridine rings is 1. The molecule has 35 heavy (non-hydrogen) atoms. The summed E-state index contributed by atoms with van der Waals surface area (Å²) in [4.78, 5) is 23.0. The minimum Gasteiger partial charge on any atom is -0.493 e. The maximum absolute atomic E-state index is 12.9. The lowest BCUT2D eigenvalue weighted by Crippen LogP contribution is -2.10. The molecule has 4 rings (SSSR count). The highest BCUT2D eigenvalue weighted by Crippen LogP contribution is 2.35. The maximum atomic E-state index is 12.9. The zero-order valence-electron chi connectivity index (χ0n) is 20.5. The lowest BCUT2D eigenvalue weighted by atomic mass is 10.0. The number of aryl methyl sites for hydroxylation is 2. The van der Waals surface area contributed by atoms with E-state index in [1.165, 1.54) is 22.8 Å². The van der Waals surface area contributed by atoms with E-state index in [2.05, 4.69) is 41.7 Å². The van der Waals surface area contributed by atoms with E-state index in [0.29, 0.717) is 34.9 Å². The van der Waals surface area contributed by atoms with Gasteiger partial charge in [-0.1, -0.05) is 23.4 Å². The Morgan fingerprint density at radius 1 is 0.971 bits per heavy atom. The zero-order chi connectivity index (χ0) is 24.9. The van der Waals surface area contributed by atoms with Gasteiger partial charge in [-0.3, -0.25) is 4.79 Å². The van der Waals surface area contributed by atoms with Gasteiger partial charge in [-0.15, -0.1) is 11.3 Å². The summed E-state index contributed by atoms with van der Waals surface area (Å²) in [5.74, 6) is 1.08. The predicted octanol–water partition coefficient (Wildman–Crippen LogP) is 6.61. The standard InChI is InChI=1S/C28H28N2O4S/c1-17-13-23(21-16-35-28-18(2)7-6-8-20(21)28)29-24(14-17)22(30-34-5)10-11-25(31)19-9-12-26(32-3)27(15-19)33-4/h6-9,12-16H,10-11H2,1-5H3/b30-22-. The summed E-state index contributed by atoms with van der Waals surface area (Å²) in [6.07, 6.45) is 0.642. The van der Waals surface area contributed by atoms with Crippen LogP contribution in [0.25, 0.3) is 21.3 Å². The van der Waals surface area contributed by atoms with Gasteiger partial charge in [0.15, 0.2) is 17.3 Å². The normalized spacial score (nSPS) is 11.5. The van der Waals surface area contributed by atoms with Gasteiger partial charge in [-0.25, -0.2) is 4.98 Å². The van der Waals surface area contributed by atoms with Gasteiger partial charge in [0.05, 0.1) is 25.6 Å². The van der Waals surface area contributed by atoms with Crippen LogP contribution in [0.1, 0.15) is 40.0 Å². The Kier molecular flexibility index (Phi) is 7.46. The van der Waals surface area contributed by atoms with E-state index in [4.69, 9.17) is 19.3 Å². The number of ketones is 1. The highest BCUT2D eigenvalue weighted by atomic mass is 32.1. The molecule has 0 bridgehead atoms. The number of aromatic nitrogens is 1. The van der Waals surface area contributed by atoms with Crippen LogP contribution in [-0.2, 0) is 4.84 Å². The van der Waals surface area contributed by atoms with E-state index in [0.717, 1.165) is 16.8 Å². The number of carbonyl (C=O) groups excluding carboxylic acids is 1. The summed E-state index contributed by atoms with van der Waals surface area (Å²) < 4.78 is 11.9. The van der Waals surface area contributed by atoms with Gasteiger partial charge < -0.3 is 14.3 Å². The fourth-order valence-electron chi connectivity index (χ4n) is 4.07. The molecular formula is C28H28N2O4S. The molecule has 0 radical (unpaired) electrons. The first-order chi connectivity index (χ1) is 16.9. The van der Waals surface area contributed by atoms with Gasteiger partial charge in [0.1, 0.15) is 12.8 Å². The predicted molar refractivity (Wildman–Crippen MR) is 141 cm³/mol. The van der Waals surface area contributed by atoms with Crippen LogP contribution in [0.15, 0.2) is 59.1 Å². The van der Waals surface area contributed by atoms with Gasteiger partial charge in [0.25, 0.3) is 0 Å². The highest BCUT2D eigenvalue weighted by molar-refractivity contribution is 7.18. The number of ether oxygens (including phenoxy) is 2. The first-order valence-electron chi connectivity index (χ1n) is 11.3. The fourth-order valence-corrected chi connectivity index (χ4v) is 5.11. The van der Waals surface area contributed by atoms with Crippen molar-refractivity contribution >= 4 is 32.9 Å². The molecule has 0 aliphatic rings. The van der Waals surface area contributed by atoms with Crippen LogP contribution < -0.4 is 9.47 Å². The number of oxime groups is 1. The van der Waals surface area contributed by atoms with Crippen LogP contribution in [-0.4, -0.2) is 37.8 Å². The van der Waals surface area contributed by atoms with E-state index in [1.807, 2.05) is 13.0 Å². The van der Waals surface area contributed by atoms with Crippen LogP contribution in [0.4, 0.5) is 0 Å². The molecule has 2 aromatic heterocycles. The van der Waals surface area contributed by atoms with E-state index in [1.54, 1.807) is 43.8 Å². The second-order valence-electron chi connectivity index (χ2n) is 8.23. The van der Waals surface area contributed by atoms with Gasteiger partial charge in [0.2, 0.25) is 0 Å². The van der Waals surface area contributed by atoms with Crippen LogP contribution in [0.3, 0.4) is 0 Å². The van der Waals surface area contributed by atoms with Gasteiger partial charge in [0, 0.05) is 39.4 Å². The third kappa shape index (κ3) is 5.20. The van der Waals surface area contributed by atoms with Crippen molar-refractivity contribution in [1.82, 2.24) is 4.98 Å². The number of rotatable bonds is 9. The van der Waals surface area contributed by atoms with E-state index in [9.17, 15) is 4.79 Å². The Morgan fingerprint density at radius 2 is 1.77 bits per heavy atom. The lowest BCUT2D eigenvalue weighted by molar-refractivity contribution is 0.0984. The molecule has 2 aromatic carbocycles. The Balaban J connectivity index is 1.61. The molecule has 2 heterocycles. The second-order valence-corrected chi connectivity index (χ2v) is 9.11. The van der Waals surface area contributed by atoms with Crippen molar-refractivity contribution in [2.75, 3.05) is 21.3 Å². The summed E-state index contributed by atoms with van der Waals surface area (Å²) in [6, 6.07) is 15.5. The summed E-state index contributed by atoms with van der Waals surface area (Å²) in [6.45, 7) is 4.16. The zero-order valence-corrected chi connectivity index (χ0v) is 21.4. The number of Topliss-reactive ketones (excluding diaryl/α,β-unsaturated/α-hetero) is 1. The largest absolute Gasteiger partial charge is 0.493 e. The molecule has 0 saturated heterocycles. The molecule has 4 aromatic rings. The molecule has 180 valence electrons. The number of benzene rings is 2. The van der Waals surface area contributed by atoms with Crippen LogP contribution in [0.5, 0.6) is 11.5 Å². The number of hydrogen-bond acceptors (Lipinski definition) is 7. The minimum absolute atomic E-state index is 0.0260. The number of methoxy groups -OCH3 is 2. The molecule has 0 aliphatic heterocycles. The third-order valence-corrected chi connectivity index (χ3v) is 6.97. The van der Waals surface area contributed by atoms with Crippen molar-refractivity contribution in [1.29, 1.82) is 0 Å². The van der Waals surface area contributed by atoms with E-state index >= 15 is 0 Å². The summed E-state index contributed by atoms with van der Waals surface area (Å²) in [7, 11) is 4.62. The maximum Gasteiger partial charge on any atom is 0.163 e. The smallest absolute Gasteiger partial charge is 0.163 e. The topological polar surface area (TPSA) is 70.0 Å². The molecule has 0 saturated carbocycles. The van der Waals surface area contributed by atoms with Crippen molar-refractivity contribution in [3.8, 4) is 22.8 Å². The fraction of sp³-hybridized carbons (Fsp3) is 0.250. The van der Waals surface area contributed by atoms with Crippen molar-refractivity contribution in [2.45, 2.75) is 26.7 Å². The third-order valence-electron chi connectivity index (χ3n) is 5.83. The van der Waals surface area contributed by atoms with E-state index in [-0.39, 0.29) is 12.2 Å². The van der Waals surface area contributed by atoms with Crippen molar-refractivity contribution < 1.29 is 19.1 Å². The highest BCUT2D eigenvalue weighted by Gasteiger charge is 2.17. The van der Waals surface area contributed by atoms with Crippen LogP contribution in [0.2, 0.25) is 0 Å². The Bertz CT molecular complexity index is 1410. The molecule has 0 fully saturated rings. The van der Waals surface area contributed by atoms with Crippen LogP contribution in [0, 0.1) is 13.8 Å². The molecule has 7 heteroatoms. The summed E-state index contributed by atoms with van der Waals surface area (Å²) in [5, 5.41) is 7.56. The molecule has 0 unspecified atom stereocenters. The molecule has 0 aliphatic carbocycles. The molecule has 0 amide bonds. The number of nitrogens with zero attached hydrogens (tertiary/aromatic N) is 2. The molecule has 0 atom stereocenters. The number of carbonyl (C=O) groups is 1. The average molecular weight is 489 g/mol. The summed E-state index contributed by atoms with van der Waals surface area (Å²) >= 11 is 1.72. The Hall–Kier alpha value is -3.71. The van der Waals surface area contributed by atoms with E-state index < -0.39 is 0 Å². The molecule has 0 spiro atoms. The van der Waals surface area contributed by atoms with Gasteiger partial charge in [-0.2, -0.15) is 0 Å². The van der Waals surface area contributed by atoms with Gasteiger partial charge in [-0.05, 0) is 55.3 Å². The number of fused-ring (bicyclic) bond motifs is 1. The van der Waals surface area contributed by atoms with Crippen molar-refractivity contribution in [3.63, 3.8) is 0 Å². The summed E-state index contributed by atoms with van der Waals surface area (Å²) in [5.41, 5.74) is 6.17. The number of hydrogen-bond donors (Lipinski definition) is 0. The quantitative estimate of drug-likeness (QED) is 0.151. The Labute approximate surface area is 209 Å². The Morgan fingerprint density at radius 3 is 2.51 bits per heavy atom. The monoisotopic (exact) mass is 488 g/mol.